The summed E-state index contributed by atoms with van der Waals surface area (Å²) in [5, 5.41) is 11.9. The number of ether oxygens (including phenoxy) is 2. The van der Waals surface area contributed by atoms with Crippen molar-refractivity contribution >= 4 is 12.1 Å². The van der Waals surface area contributed by atoms with E-state index in [1.54, 1.807) is 20.8 Å². The van der Waals surface area contributed by atoms with Crippen LogP contribution in [0, 0.1) is 10.1 Å². The molecule has 0 aliphatic carbocycles. The second-order valence-corrected chi connectivity index (χ2v) is 6.31. The maximum absolute atomic E-state index is 12.1. The van der Waals surface area contributed by atoms with Crippen molar-refractivity contribution in [3.05, 3.63) is 10.1 Å². The first-order valence-electron chi connectivity index (χ1n) is 7.85. The first kappa shape index (κ1) is 19.9. The van der Waals surface area contributed by atoms with Crippen molar-refractivity contribution in [3.63, 3.8) is 0 Å². The second-order valence-electron chi connectivity index (χ2n) is 6.31. The molecule has 1 aliphatic rings. The third-order valence-electron chi connectivity index (χ3n) is 3.15. The summed E-state index contributed by atoms with van der Waals surface area (Å²) in [5.41, 5.74) is -0.621. The molecule has 0 aromatic rings. The lowest BCUT2D eigenvalue weighted by Gasteiger charge is -2.27. The summed E-state index contributed by atoms with van der Waals surface area (Å²) < 4.78 is 10.4. The lowest BCUT2D eigenvalue weighted by molar-refractivity contribution is -0.757. The Morgan fingerprint density at radius 1 is 1.29 bits per heavy atom. The molecule has 10 nitrogen and oxygen atoms in total. The fraction of sp³-hybridized carbons (Fsp3) is 0.857. The van der Waals surface area contributed by atoms with Crippen LogP contribution in [0.15, 0.2) is 0 Å². The Morgan fingerprint density at radius 2 is 1.96 bits per heavy atom. The number of hydrogen-bond acceptors (Lipinski definition) is 8. The zero-order valence-corrected chi connectivity index (χ0v) is 14.3. The van der Waals surface area contributed by atoms with E-state index in [2.05, 4.69) is 10.2 Å². The van der Waals surface area contributed by atoms with Crippen LogP contribution in [0.3, 0.4) is 0 Å². The highest BCUT2D eigenvalue weighted by Gasteiger charge is 2.37. The fourth-order valence-electron chi connectivity index (χ4n) is 2.19. The van der Waals surface area contributed by atoms with Crippen molar-refractivity contribution in [2.24, 2.45) is 0 Å². The standard InChI is InChI=1S/C14H25N3O7/c1-14(2,3)24-13(19)16-8-4-5-11(16)12(18)22-9-6-15-7-10-23-17(20)21/h11,15H,4-10H2,1-3H3. The van der Waals surface area contributed by atoms with Gasteiger partial charge in [0.25, 0.3) is 5.09 Å². The Bertz CT molecular complexity index is 450. The first-order valence-corrected chi connectivity index (χ1v) is 7.85. The number of esters is 1. The third kappa shape index (κ3) is 7.44. The number of nitrogens with zero attached hydrogens (tertiary/aromatic N) is 2. The Morgan fingerprint density at radius 3 is 2.58 bits per heavy atom. The Hall–Kier alpha value is -2.10. The van der Waals surface area contributed by atoms with Gasteiger partial charge in [-0.25, -0.2) is 9.59 Å². The highest BCUT2D eigenvalue weighted by Crippen LogP contribution is 2.21. The van der Waals surface area contributed by atoms with E-state index < -0.39 is 28.8 Å². The number of nitrogens with one attached hydrogen (secondary N) is 1. The van der Waals surface area contributed by atoms with Gasteiger partial charge in [0.1, 0.15) is 24.9 Å². The molecule has 1 saturated heterocycles. The molecule has 0 spiro atoms. The van der Waals surface area contributed by atoms with Crippen LogP contribution in [0.2, 0.25) is 0 Å². The SMILES string of the molecule is CC(C)(C)OC(=O)N1CCCC1C(=O)OCCNCCO[N+](=O)[O-]. The third-order valence-corrected chi connectivity index (χ3v) is 3.15. The first-order chi connectivity index (χ1) is 11.2. The molecular weight excluding hydrogens is 322 g/mol. The number of carbonyl (C=O) groups is 2. The van der Waals surface area contributed by atoms with Gasteiger partial charge in [-0.15, -0.1) is 10.1 Å². The van der Waals surface area contributed by atoms with Gasteiger partial charge in [-0.1, -0.05) is 0 Å². The summed E-state index contributed by atoms with van der Waals surface area (Å²) in [6.07, 6.45) is 0.745. The molecule has 1 unspecified atom stereocenters. The molecule has 1 rings (SSSR count). The van der Waals surface area contributed by atoms with Crippen LogP contribution < -0.4 is 5.32 Å². The minimum absolute atomic E-state index is 0.0734. The highest BCUT2D eigenvalue weighted by molar-refractivity contribution is 5.82. The van der Waals surface area contributed by atoms with Crippen LogP contribution in [-0.2, 0) is 19.1 Å². The summed E-state index contributed by atoms with van der Waals surface area (Å²) in [4.78, 5) is 39.6. The molecule has 1 heterocycles. The van der Waals surface area contributed by atoms with E-state index in [0.29, 0.717) is 19.5 Å². The van der Waals surface area contributed by atoms with E-state index in [1.807, 2.05) is 0 Å². The normalized spacial score (nSPS) is 17.5. The molecule has 1 fully saturated rings. The minimum Gasteiger partial charge on any atom is -0.463 e. The number of hydrogen-bond donors (Lipinski definition) is 1. The molecule has 0 bridgehead atoms. The molecule has 1 amide bonds. The maximum atomic E-state index is 12.1. The quantitative estimate of drug-likeness (QED) is 0.295. The molecule has 0 saturated carbocycles. The van der Waals surface area contributed by atoms with Crippen LogP contribution in [0.25, 0.3) is 0 Å². The van der Waals surface area contributed by atoms with E-state index in [-0.39, 0.29) is 19.8 Å². The molecule has 24 heavy (non-hydrogen) atoms. The van der Waals surface area contributed by atoms with Gasteiger partial charge >= 0.3 is 12.1 Å². The van der Waals surface area contributed by atoms with Gasteiger partial charge in [-0.2, -0.15) is 0 Å². The number of rotatable bonds is 8. The topological polar surface area (TPSA) is 120 Å². The summed E-state index contributed by atoms with van der Waals surface area (Å²) in [6, 6.07) is -0.627. The molecular formula is C14H25N3O7. The number of carbonyl (C=O) groups excluding carboxylic acids is 2. The van der Waals surface area contributed by atoms with Crippen molar-refractivity contribution < 1.29 is 29.0 Å². The zero-order chi connectivity index (χ0) is 18.2. The maximum Gasteiger partial charge on any atom is 0.411 e. The molecule has 10 heteroatoms. The van der Waals surface area contributed by atoms with Crippen LogP contribution in [-0.4, -0.2) is 66.5 Å². The van der Waals surface area contributed by atoms with Gasteiger partial charge in [0.2, 0.25) is 0 Å². The van der Waals surface area contributed by atoms with Gasteiger partial charge in [0.15, 0.2) is 0 Å². The number of likely N-dealkylation sites (tertiary alicyclic amines) is 1. The van der Waals surface area contributed by atoms with Gasteiger partial charge in [0.05, 0.1) is 0 Å². The molecule has 1 atom stereocenters. The molecule has 138 valence electrons. The largest absolute Gasteiger partial charge is 0.463 e. The smallest absolute Gasteiger partial charge is 0.411 e. The van der Waals surface area contributed by atoms with Crippen molar-refractivity contribution in [3.8, 4) is 0 Å². The zero-order valence-electron chi connectivity index (χ0n) is 14.3. The summed E-state index contributed by atoms with van der Waals surface area (Å²) in [5.74, 6) is -0.471. The number of amides is 1. The molecule has 1 N–H and O–H groups in total. The Labute approximate surface area is 140 Å². The average Bonchev–Trinajstić information content (AvgIpc) is 2.93. The van der Waals surface area contributed by atoms with E-state index in [4.69, 9.17) is 9.47 Å². The van der Waals surface area contributed by atoms with Crippen LogP contribution in [0.1, 0.15) is 33.6 Å². The van der Waals surface area contributed by atoms with Gasteiger partial charge in [-0.05, 0) is 33.6 Å². The van der Waals surface area contributed by atoms with Gasteiger partial charge in [-0.3, -0.25) is 4.90 Å². The van der Waals surface area contributed by atoms with Gasteiger partial charge in [0, 0.05) is 19.6 Å². The summed E-state index contributed by atoms with van der Waals surface area (Å²) >= 11 is 0. The predicted octanol–water partition coefficient (Wildman–Crippen LogP) is 0.727. The van der Waals surface area contributed by atoms with Gasteiger partial charge < -0.3 is 19.6 Å². The highest BCUT2D eigenvalue weighted by atomic mass is 16.9. The summed E-state index contributed by atoms with van der Waals surface area (Å²) in [6.45, 7) is 6.41. The Kier molecular flexibility index (Phi) is 7.69. The molecule has 0 aromatic carbocycles. The predicted molar refractivity (Wildman–Crippen MR) is 82.7 cm³/mol. The van der Waals surface area contributed by atoms with Crippen LogP contribution in [0.5, 0.6) is 0 Å². The van der Waals surface area contributed by atoms with E-state index in [1.165, 1.54) is 4.90 Å². The van der Waals surface area contributed by atoms with E-state index in [9.17, 15) is 19.7 Å². The Balaban J connectivity index is 2.28. The van der Waals surface area contributed by atoms with Crippen LogP contribution in [0.4, 0.5) is 4.79 Å². The molecule has 0 radical (unpaired) electrons. The van der Waals surface area contributed by atoms with Crippen molar-refractivity contribution in [1.82, 2.24) is 10.2 Å². The monoisotopic (exact) mass is 347 g/mol. The van der Waals surface area contributed by atoms with Crippen molar-refractivity contribution in [1.29, 1.82) is 0 Å². The molecule has 0 aromatic heterocycles. The average molecular weight is 347 g/mol. The summed E-state index contributed by atoms with van der Waals surface area (Å²) in [7, 11) is 0. The minimum atomic E-state index is -0.868. The fourth-order valence-corrected chi connectivity index (χ4v) is 2.19. The second kappa shape index (κ2) is 9.26. The van der Waals surface area contributed by atoms with Crippen molar-refractivity contribution in [2.45, 2.75) is 45.3 Å². The van der Waals surface area contributed by atoms with E-state index >= 15 is 0 Å². The van der Waals surface area contributed by atoms with Crippen molar-refractivity contribution in [2.75, 3.05) is 32.8 Å². The lowest BCUT2D eigenvalue weighted by Crippen LogP contribution is -2.44. The van der Waals surface area contributed by atoms with Crippen LogP contribution >= 0.6 is 0 Å². The molecule has 1 aliphatic heterocycles. The van der Waals surface area contributed by atoms with E-state index in [0.717, 1.165) is 6.42 Å². The lowest BCUT2D eigenvalue weighted by atomic mass is 10.2.